The van der Waals surface area contributed by atoms with Gasteiger partial charge in [-0.15, -0.1) is 23.5 Å². The van der Waals surface area contributed by atoms with E-state index in [1.807, 2.05) is 0 Å². The van der Waals surface area contributed by atoms with Crippen LogP contribution in [0, 0.1) is 5.92 Å². The van der Waals surface area contributed by atoms with Gasteiger partial charge in [0.2, 0.25) is 0 Å². The van der Waals surface area contributed by atoms with Gasteiger partial charge in [-0.2, -0.15) is 0 Å². The van der Waals surface area contributed by atoms with Crippen molar-refractivity contribution in [2.24, 2.45) is 5.92 Å². The zero-order chi connectivity index (χ0) is 7.40. The molecule has 0 radical (unpaired) electrons. The standard InChI is InChI=1S/C8H16S2/c1-7(2)6-8-9-4-3-5-10-8/h7-8H,3-6H2,1-2H3. The van der Waals surface area contributed by atoms with E-state index in [0.29, 0.717) is 0 Å². The molecule has 0 N–H and O–H groups in total. The Bertz CT molecular complexity index is 85.3. The van der Waals surface area contributed by atoms with Crippen molar-refractivity contribution in [1.82, 2.24) is 0 Å². The van der Waals surface area contributed by atoms with Crippen molar-refractivity contribution in [3.8, 4) is 0 Å². The van der Waals surface area contributed by atoms with E-state index >= 15 is 0 Å². The lowest BCUT2D eigenvalue weighted by molar-refractivity contribution is 0.618. The van der Waals surface area contributed by atoms with Crippen molar-refractivity contribution < 1.29 is 0 Å². The maximum atomic E-state index is 2.32. The van der Waals surface area contributed by atoms with Gasteiger partial charge in [-0.25, -0.2) is 0 Å². The number of thioether (sulfide) groups is 2. The molecule has 0 amide bonds. The lowest BCUT2D eigenvalue weighted by atomic mass is 10.2. The Morgan fingerprint density at radius 3 is 2.40 bits per heavy atom. The fourth-order valence-electron chi connectivity index (χ4n) is 1.06. The van der Waals surface area contributed by atoms with Gasteiger partial charge in [0.05, 0.1) is 4.58 Å². The van der Waals surface area contributed by atoms with Gasteiger partial charge in [-0.1, -0.05) is 13.8 Å². The van der Waals surface area contributed by atoms with Crippen LogP contribution in [-0.2, 0) is 0 Å². The highest BCUT2D eigenvalue weighted by atomic mass is 32.2. The van der Waals surface area contributed by atoms with E-state index in [9.17, 15) is 0 Å². The van der Waals surface area contributed by atoms with Crippen molar-refractivity contribution in [3.63, 3.8) is 0 Å². The molecule has 0 saturated carbocycles. The van der Waals surface area contributed by atoms with Crippen LogP contribution in [0.1, 0.15) is 26.7 Å². The molecule has 0 spiro atoms. The van der Waals surface area contributed by atoms with Crippen LogP contribution in [0.4, 0.5) is 0 Å². The molecule has 1 aliphatic rings. The Morgan fingerprint density at radius 1 is 1.30 bits per heavy atom. The topological polar surface area (TPSA) is 0 Å². The molecule has 10 heavy (non-hydrogen) atoms. The number of rotatable bonds is 2. The Morgan fingerprint density at radius 2 is 1.90 bits per heavy atom. The Kier molecular flexibility index (Phi) is 4.00. The summed E-state index contributed by atoms with van der Waals surface area (Å²) >= 11 is 4.31. The highest BCUT2D eigenvalue weighted by Gasteiger charge is 2.14. The second kappa shape index (κ2) is 4.55. The highest BCUT2D eigenvalue weighted by molar-refractivity contribution is 8.17. The van der Waals surface area contributed by atoms with Gasteiger partial charge in [0.25, 0.3) is 0 Å². The summed E-state index contributed by atoms with van der Waals surface area (Å²) in [6.45, 7) is 4.63. The van der Waals surface area contributed by atoms with E-state index in [1.54, 1.807) is 0 Å². The molecule has 1 rings (SSSR count). The first kappa shape index (κ1) is 8.79. The summed E-state index contributed by atoms with van der Waals surface area (Å²) in [5.74, 6) is 3.66. The summed E-state index contributed by atoms with van der Waals surface area (Å²) in [5, 5.41) is 0. The number of hydrogen-bond donors (Lipinski definition) is 0. The van der Waals surface area contributed by atoms with E-state index < -0.39 is 0 Å². The van der Waals surface area contributed by atoms with Crippen LogP contribution >= 0.6 is 23.5 Å². The monoisotopic (exact) mass is 176 g/mol. The summed E-state index contributed by atoms with van der Waals surface area (Å²) in [6.07, 6.45) is 2.82. The molecule has 0 bridgehead atoms. The van der Waals surface area contributed by atoms with Crippen molar-refractivity contribution in [2.75, 3.05) is 11.5 Å². The zero-order valence-corrected chi connectivity index (χ0v) is 8.43. The minimum absolute atomic E-state index is 0.878. The van der Waals surface area contributed by atoms with E-state index in [-0.39, 0.29) is 0 Å². The fourth-order valence-corrected chi connectivity index (χ4v) is 4.39. The number of hydrogen-bond acceptors (Lipinski definition) is 2. The second-order valence-corrected chi connectivity index (χ2v) is 6.07. The first-order valence-electron chi connectivity index (χ1n) is 4.02. The van der Waals surface area contributed by atoms with Gasteiger partial charge < -0.3 is 0 Å². The van der Waals surface area contributed by atoms with Gasteiger partial charge in [0.1, 0.15) is 0 Å². The molecule has 2 heteroatoms. The van der Waals surface area contributed by atoms with Crippen molar-refractivity contribution in [2.45, 2.75) is 31.3 Å². The highest BCUT2D eigenvalue weighted by Crippen LogP contribution is 2.34. The summed E-state index contributed by atoms with van der Waals surface area (Å²) in [7, 11) is 0. The molecule has 1 heterocycles. The van der Waals surface area contributed by atoms with Crippen LogP contribution in [-0.4, -0.2) is 16.1 Å². The van der Waals surface area contributed by atoms with E-state index in [0.717, 1.165) is 10.5 Å². The molecule has 60 valence electrons. The minimum Gasteiger partial charge on any atom is -0.148 e. The van der Waals surface area contributed by atoms with E-state index in [4.69, 9.17) is 0 Å². The smallest absolute Gasteiger partial charge is 0.0504 e. The molecule has 0 atom stereocenters. The average Bonchev–Trinajstić information content (AvgIpc) is 1.88. The Labute approximate surface area is 72.5 Å². The van der Waals surface area contributed by atoms with Crippen molar-refractivity contribution >= 4 is 23.5 Å². The van der Waals surface area contributed by atoms with Gasteiger partial charge in [0.15, 0.2) is 0 Å². The summed E-state index contributed by atoms with van der Waals surface area (Å²) in [6, 6.07) is 0. The van der Waals surface area contributed by atoms with Crippen LogP contribution in [0.25, 0.3) is 0 Å². The maximum Gasteiger partial charge on any atom is 0.0504 e. The molecule has 0 aromatic carbocycles. The first-order valence-corrected chi connectivity index (χ1v) is 6.12. The van der Waals surface area contributed by atoms with Crippen LogP contribution in [0.15, 0.2) is 0 Å². The fraction of sp³-hybridized carbons (Fsp3) is 1.00. The lowest BCUT2D eigenvalue weighted by Crippen LogP contribution is -2.09. The van der Waals surface area contributed by atoms with Crippen LogP contribution < -0.4 is 0 Å². The zero-order valence-electron chi connectivity index (χ0n) is 6.80. The molecular formula is C8H16S2. The third-order valence-electron chi connectivity index (χ3n) is 1.56. The third-order valence-corrected chi connectivity index (χ3v) is 4.55. The van der Waals surface area contributed by atoms with E-state index in [2.05, 4.69) is 37.4 Å². The van der Waals surface area contributed by atoms with Crippen molar-refractivity contribution in [1.29, 1.82) is 0 Å². The van der Waals surface area contributed by atoms with Crippen LogP contribution in [0.2, 0.25) is 0 Å². The summed E-state index contributed by atoms with van der Waals surface area (Å²) in [4.78, 5) is 0. The predicted octanol–water partition coefficient (Wildman–Crippen LogP) is 3.23. The molecule has 1 fully saturated rings. The van der Waals surface area contributed by atoms with E-state index in [1.165, 1.54) is 24.3 Å². The normalized spacial score (nSPS) is 21.9. The SMILES string of the molecule is CC(C)CC1SCCCS1. The molecule has 0 aromatic heterocycles. The van der Waals surface area contributed by atoms with Crippen LogP contribution in [0.3, 0.4) is 0 Å². The molecule has 0 unspecified atom stereocenters. The Hall–Kier alpha value is 0.700. The van der Waals surface area contributed by atoms with Gasteiger partial charge in [-0.3, -0.25) is 0 Å². The summed E-state index contributed by atoms with van der Waals surface area (Å²) < 4.78 is 0.911. The second-order valence-electron chi connectivity index (χ2n) is 3.15. The van der Waals surface area contributed by atoms with Crippen molar-refractivity contribution in [3.05, 3.63) is 0 Å². The molecule has 1 aliphatic heterocycles. The maximum absolute atomic E-state index is 2.32. The molecular weight excluding hydrogens is 160 g/mol. The minimum atomic E-state index is 0.878. The molecule has 0 aliphatic carbocycles. The average molecular weight is 176 g/mol. The summed E-state index contributed by atoms with van der Waals surface area (Å²) in [5.41, 5.74) is 0. The first-order chi connectivity index (χ1) is 4.79. The molecule has 0 aromatic rings. The van der Waals surface area contributed by atoms with Gasteiger partial charge >= 0.3 is 0 Å². The van der Waals surface area contributed by atoms with Gasteiger partial charge in [0, 0.05) is 0 Å². The quantitative estimate of drug-likeness (QED) is 0.633. The Balaban J connectivity index is 2.13. The predicted molar refractivity (Wildman–Crippen MR) is 52.8 cm³/mol. The molecule has 0 nitrogen and oxygen atoms in total. The molecule has 1 saturated heterocycles. The lowest BCUT2D eigenvalue weighted by Gasteiger charge is -2.22. The van der Waals surface area contributed by atoms with Crippen LogP contribution in [0.5, 0.6) is 0 Å². The largest absolute Gasteiger partial charge is 0.148 e. The van der Waals surface area contributed by atoms with Gasteiger partial charge in [-0.05, 0) is 30.3 Å². The third kappa shape index (κ3) is 3.20.